The Balaban J connectivity index is 1.28. The normalized spacial score (nSPS) is 21.3. The molecule has 2 aromatic carbocycles. The van der Waals surface area contributed by atoms with Crippen LogP contribution in [0.15, 0.2) is 65.8 Å². The number of hydrogen-bond acceptors (Lipinski definition) is 5. The zero-order valence-corrected chi connectivity index (χ0v) is 21.4. The number of likely N-dealkylation sites (tertiary alicyclic amines) is 2. The molecule has 0 spiro atoms. The van der Waals surface area contributed by atoms with Crippen molar-refractivity contribution in [2.45, 2.75) is 49.2 Å². The third-order valence-corrected chi connectivity index (χ3v) is 8.78. The average Bonchev–Trinajstić information content (AvgIpc) is 3.50. The van der Waals surface area contributed by atoms with Crippen LogP contribution in [0, 0.1) is 0 Å². The number of carbonyl (C=O) groups excluding carboxylic acids is 2. The number of sulfonamides is 1. The second kappa shape index (κ2) is 9.80. The van der Waals surface area contributed by atoms with Crippen molar-refractivity contribution in [1.29, 1.82) is 0 Å². The lowest BCUT2D eigenvalue weighted by Gasteiger charge is -2.32. The van der Waals surface area contributed by atoms with Crippen LogP contribution in [0.4, 0.5) is 0 Å². The van der Waals surface area contributed by atoms with Crippen LogP contribution in [0.3, 0.4) is 0 Å². The molecule has 0 aliphatic carbocycles. The first-order chi connectivity index (χ1) is 17.2. The molecule has 1 N–H and O–H groups in total. The van der Waals surface area contributed by atoms with Crippen LogP contribution in [0.1, 0.15) is 37.8 Å². The summed E-state index contributed by atoms with van der Waals surface area (Å²) in [6.45, 7) is 2.65. The molecule has 2 amide bonds. The van der Waals surface area contributed by atoms with E-state index in [4.69, 9.17) is 11.6 Å². The molecule has 36 heavy (non-hydrogen) atoms. The topological polar surface area (TPSA) is 99.7 Å². The van der Waals surface area contributed by atoms with E-state index in [2.05, 4.69) is 9.71 Å². The Kier molecular flexibility index (Phi) is 6.72. The van der Waals surface area contributed by atoms with Crippen molar-refractivity contribution in [3.63, 3.8) is 0 Å². The van der Waals surface area contributed by atoms with Crippen molar-refractivity contribution in [2.75, 3.05) is 13.1 Å². The van der Waals surface area contributed by atoms with E-state index in [1.54, 1.807) is 49.6 Å². The van der Waals surface area contributed by atoms with E-state index >= 15 is 0 Å². The van der Waals surface area contributed by atoms with Crippen LogP contribution in [0.5, 0.6) is 0 Å². The Morgan fingerprint density at radius 3 is 2.56 bits per heavy atom. The maximum absolute atomic E-state index is 13.4. The summed E-state index contributed by atoms with van der Waals surface area (Å²) in [7, 11) is -3.94. The van der Waals surface area contributed by atoms with Crippen molar-refractivity contribution >= 4 is 44.2 Å². The molecule has 0 saturated carbocycles. The summed E-state index contributed by atoms with van der Waals surface area (Å²) in [6, 6.07) is 12.1. The molecule has 188 valence electrons. The lowest BCUT2D eigenvalue weighted by atomic mass is 10.1. The predicted octanol–water partition coefficient (Wildman–Crippen LogP) is 3.52. The van der Waals surface area contributed by atoms with Gasteiger partial charge in [-0.2, -0.15) is 4.72 Å². The minimum absolute atomic E-state index is 0.0438. The highest BCUT2D eigenvalue weighted by Gasteiger charge is 2.42. The lowest BCUT2D eigenvalue weighted by molar-refractivity contribution is -0.144. The van der Waals surface area contributed by atoms with Gasteiger partial charge in [0.05, 0.1) is 10.9 Å². The number of halogens is 1. The molecule has 2 fully saturated rings. The van der Waals surface area contributed by atoms with Gasteiger partial charge in [-0.15, -0.1) is 0 Å². The first-order valence-corrected chi connectivity index (χ1v) is 13.8. The van der Waals surface area contributed by atoms with Crippen molar-refractivity contribution in [1.82, 2.24) is 19.5 Å². The molecule has 3 atom stereocenters. The number of carbonyl (C=O) groups is 2. The van der Waals surface area contributed by atoms with E-state index in [0.29, 0.717) is 24.5 Å². The van der Waals surface area contributed by atoms with Crippen LogP contribution in [0.25, 0.3) is 10.8 Å². The molecule has 3 heterocycles. The van der Waals surface area contributed by atoms with Crippen LogP contribution < -0.4 is 4.72 Å². The number of rotatable bonds is 6. The number of aromatic nitrogens is 1. The largest absolute Gasteiger partial charge is 0.334 e. The summed E-state index contributed by atoms with van der Waals surface area (Å²) in [5.74, 6) is -0.508. The SMILES string of the molecule is C[C@@H](C(=O)N1CCCC1c1ccncc1)N1CC[C@H](NS(=O)(=O)c2ccc3cc(Cl)ccc3c2)C1=O. The summed E-state index contributed by atoms with van der Waals surface area (Å²) < 4.78 is 28.7. The van der Waals surface area contributed by atoms with Gasteiger partial charge in [0, 0.05) is 30.5 Å². The third kappa shape index (κ3) is 4.70. The average molecular weight is 527 g/mol. The molecule has 0 bridgehead atoms. The summed E-state index contributed by atoms with van der Waals surface area (Å²) in [5.41, 5.74) is 1.03. The van der Waals surface area contributed by atoms with E-state index in [0.717, 1.165) is 29.2 Å². The highest BCUT2D eigenvalue weighted by molar-refractivity contribution is 7.89. The fourth-order valence-electron chi connectivity index (χ4n) is 5.15. The van der Waals surface area contributed by atoms with Gasteiger partial charge in [0.2, 0.25) is 21.8 Å². The Morgan fingerprint density at radius 2 is 1.78 bits per heavy atom. The van der Waals surface area contributed by atoms with Gasteiger partial charge >= 0.3 is 0 Å². The van der Waals surface area contributed by atoms with Crippen LogP contribution in [-0.4, -0.2) is 60.2 Å². The molecular formula is C26H27ClN4O4S. The molecule has 0 radical (unpaired) electrons. The van der Waals surface area contributed by atoms with Gasteiger partial charge in [-0.3, -0.25) is 14.6 Å². The number of pyridine rings is 1. The summed E-state index contributed by atoms with van der Waals surface area (Å²) in [5, 5.41) is 2.12. The molecule has 2 saturated heterocycles. The van der Waals surface area contributed by atoms with Crippen LogP contribution >= 0.6 is 11.6 Å². The third-order valence-electron chi connectivity index (χ3n) is 7.07. The van der Waals surface area contributed by atoms with E-state index < -0.39 is 22.1 Å². The van der Waals surface area contributed by atoms with Crippen molar-refractivity contribution < 1.29 is 18.0 Å². The molecule has 8 nitrogen and oxygen atoms in total. The van der Waals surface area contributed by atoms with E-state index in [9.17, 15) is 18.0 Å². The van der Waals surface area contributed by atoms with Crippen molar-refractivity contribution in [3.05, 3.63) is 71.5 Å². The first-order valence-electron chi connectivity index (χ1n) is 12.0. The molecule has 10 heteroatoms. The van der Waals surface area contributed by atoms with Gasteiger partial charge < -0.3 is 9.80 Å². The zero-order valence-electron chi connectivity index (χ0n) is 19.8. The summed E-state index contributed by atoms with van der Waals surface area (Å²) in [4.78, 5) is 34.0. The number of benzene rings is 2. The summed E-state index contributed by atoms with van der Waals surface area (Å²) in [6.07, 6.45) is 5.47. The number of amides is 2. The molecule has 1 aromatic heterocycles. The summed E-state index contributed by atoms with van der Waals surface area (Å²) >= 11 is 6.02. The number of nitrogens with one attached hydrogen (secondary N) is 1. The van der Waals surface area contributed by atoms with Gasteiger partial charge in [0.15, 0.2) is 0 Å². The number of hydrogen-bond donors (Lipinski definition) is 1. The molecule has 2 aliphatic heterocycles. The van der Waals surface area contributed by atoms with Crippen molar-refractivity contribution in [3.8, 4) is 0 Å². The van der Waals surface area contributed by atoms with E-state index in [1.807, 2.05) is 17.0 Å². The van der Waals surface area contributed by atoms with Crippen LogP contribution in [0.2, 0.25) is 5.02 Å². The maximum Gasteiger partial charge on any atom is 0.245 e. The Hall–Kier alpha value is -3.01. The van der Waals surface area contributed by atoms with Gasteiger partial charge in [0.25, 0.3) is 0 Å². The Bertz CT molecular complexity index is 1420. The van der Waals surface area contributed by atoms with E-state index in [1.165, 1.54) is 11.0 Å². The highest BCUT2D eigenvalue weighted by atomic mass is 35.5. The van der Waals surface area contributed by atoms with Crippen LogP contribution in [-0.2, 0) is 19.6 Å². The molecular weight excluding hydrogens is 500 g/mol. The fourth-order valence-corrected chi connectivity index (χ4v) is 6.59. The molecule has 1 unspecified atom stereocenters. The minimum atomic E-state index is -3.94. The molecule has 3 aromatic rings. The lowest BCUT2D eigenvalue weighted by Crippen LogP contribution is -2.50. The van der Waals surface area contributed by atoms with Gasteiger partial charge in [0.1, 0.15) is 12.1 Å². The smallest absolute Gasteiger partial charge is 0.245 e. The quantitative estimate of drug-likeness (QED) is 0.530. The predicted molar refractivity (Wildman–Crippen MR) is 137 cm³/mol. The highest BCUT2D eigenvalue weighted by Crippen LogP contribution is 2.33. The molecule has 5 rings (SSSR count). The second-order valence-electron chi connectivity index (χ2n) is 9.29. The van der Waals surface area contributed by atoms with Gasteiger partial charge in [-0.05, 0) is 78.9 Å². The number of fused-ring (bicyclic) bond motifs is 1. The van der Waals surface area contributed by atoms with Gasteiger partial charge in [-0.25, -0.2) is 8.42 Å². The van der Waals surface area contributed by atoms with Gasteiger partial charge in [-0.1, -0.05) is 23.7 Å². The standard InChI is InChI=1S/C26H27ClN4O4S/c1-17(25(32)31-13-2-3-24(31)18-8-11-28-12-9-18)30-14-10-23(26(30)33)29-36(34,35)22-7-5-19-15-21(27)6-4-20(19)16-22/h4-9,11-12,15-17,23-24,29H,2-3,10,13-14H2,1H3/t17-,23-,24?/m0/s1. The Labute approximate surface area is 215 Å². The molecule has 2 aliphatic rings. The fraction of sp³-hybridized carbons (Fsp3) is 0.346. The minimum Gasteiger partial charge on any atom is -0.334 e. The number of nitrogens with zero attached hydrogens (tertiary/aromatic N) is 3. The second-order valence-corrected chi connectivity index (χ2v) is 11.4. The first kappa shape index (κ1) is 24.7. The zero-order chi connectivity index (χ0) is 25.4. The van der Waals surface area contributed by atoms with Crippen molar-refractivity contribution in [2.24, 2.45) is 0 Å². The monoisotopic (exact) mass is 526 g/mol. The Morgan fingerprint density at radius 1 is 1.06 bits per heavy atom. The maximum atomic E-state index is 13.4. The van der Waals surface area contributed by atoms with E-state index in [-0.39, 0.29) is 22.8 Å².